The summed E-state index contributed by atoms with van der Waals surface area (Å²) in [5, 5.41) is 1.97. The Balaban J connectivity index is 2.91. The second kappa shape index (κ2) is 3.27. The average Bonchev–Trinajstić information content (AvgIpc) is 2.17. The smallest absolute Gasteiger partial charge is 0.267 e. The number of amides is 1. The van der Waals surface area contributed by atoms with Crippen LogP contribution in [0.2, 0.25) is 5.02 Å². The van der Waals surface area contributed by atoms with Crippen LogP contribution in [-0.2, 0) is 0 Å². The van der Waals surface area contributed by atoms with Crippen molar-refractivity contribution in [1.82, 2.24) is 4.98 Å². The van der Waals surface area contributed by atoms with Gasteiger partial charge in [-0.3, -0.25) is 9.78 Å². The molecule has 1 heterocycles. The Bertz CT molecular complexity index is 505. The maximum Gasteiger partial charge on any atom is 0.267 e. The molecule has 1 amide bonds. The van der Waals surface area contributed by atoms with Crippen molar-refractivity contribution >= 4 is 28.3 Å². The minimum atomic E-state index is -0.566. The predicted octanol–water partition coefficient (Wildman–Crippen LogP) is 1.99. The van der Waals surface area contributed by atoms with E-state index in [0.717, 1.165) is 5.39 Å². The van der Waals surface area contributed by atoms with Crippen molar-refractivity contribution in [1.29, 1.82) is 0 Å². The van der Waals surface area contributed by atoms with Crippen molar-refractivity contribution in [2.75, 3.05) is 0 Å². The highest BCUT2D eigenvalue weighted by molar-refractivity contribution is 6.36. The van der Waals surface area contributed by atoms with Crippen LogP contribution in [0.4, 0.5) is 0 Å². The standard InChI is InChI=1S/C10H7ClN2O/c11-7-3-1-2-6-4-5-13-9(8(6)7)10(12)14/h1-5H,(H2,12,14). The van der Waals surface area contributed by atoms with Crippen LogP contribution in [0.1, 0.15) is 10.5 Å². The van der Waals surface area contributed by atoms with Gasteiger partial charge in [0.25, 0.3) is 5.91 Å². The van der Waals surface area contributed by atoms with Crippen molar-refractivity contribution < 1.29 is 4.79 Å². The van der Waals surface area contributed by atoms with E-state index in [9.17, 15) is 4.79 Å². The number of primary amides is 1. The number of nitrogens with two attached hydrogens (primary N) is 1. The lowest BCUT2D eigenvalue weighted by Crippen LogP contribution is -2.13. The van der Waals surface area contributed by atoms with Crippen LogP contribution in [0.5, 0.6) is 0 Å². The minimum absolute atomic E-state index is 0.216. The van der Waals surface area contributed by atoms with Gasteiger partial charge in [0.05, 0.1) is 5.02 Å². The first-order chi connectivity index (χ1) is 6.70. The summed E-state index contributed by atoms with van der Waals surface area (Å²) in [4.78, 5) is 15.0. The largest absolute Gasteiger partial charge is 0.364 e. The number of hydrogen-bond donors (Lipinski definition) is 1. The molecule has 2 aromatic rings. The van der Waals surface area contributed by atoms with E-state index in [1.54, 1.807) is 18.3 Å². The van der Waals surface area contributed by atoms with Crippen LogP contribution < -0.4 is 5.73 Å². The Morgan fingerprint density at radius 1 is 1.36 bits per heavy atom. The van der Waals surface area contributed by atoms with Gasteiger partial charge >= 0.3 is 0 Å². The van der Waals surface area contributed by atoms with E-state index in [0.29, 0.717) is 10.4 Å². The number of carbonyl (C=O) groups is 1. The van der Waals surface area contributed by atoms with Gasteiger partial charge in [0.2, 0.25) is 0 Å². The van der Waals surface area contributed by atoms with E-state index in [1.165, 1.54) is 0 Å². The number of fused-ring (bicyclic) bond motifs is 1. The lowest BCUT2D eigenvalue weighted by molar-refractivity contribution is 0.0997. The predicted molar refractivity (Wildman–Crippen MR) is 55.3 cm³/mol. The average molecular weight is 207 g/mol. The maximum absolute atomic E-state index is 11.1. The number of benzene rings is 1. The summed E-state index contributed by atoms with van der Waals surface area (Å²) >= 11 is 5.96. The Hall–Kier alpha value is -1.61. The molecule has 4 heteroatoms. The molecule has 0 unspecified atom stereocenters. The number of pyridine rings is 1. The first-order valence-electron chi connectivity index (χ1n) is 4.03. The monoisotopic (exact) mass is 206 g/mol. The van der Waals surface area contributed by atoms with Crippen LogP contribution >= 0.6 is 11.6 Å². The van der Waals surface area contributed by atoms with E-state index in [-0.39, 0.29) is 5.69 Å². The van der Waals surface area contributed by atoms with Gasteiger partial charge in [-0.25, -0.2) is 0 Å². The van der Waals surface area contributed by atoms with Gasteiger partial charge in [-0.1, -0.05) is 23.7 Å². The Morgan fingerprint density at radius 2 is 2.14 bits per heavy atom. The third-order valence-corrected chi connectivity index (χ3v) is 2.29. The maximum atomic E-state index is 11.1. The van der Waals surface area contributed by atoms with Gasteiger partial charge < -0.3 is 5.73 Å². The van der Waals surface area contributed by atoms with E-state index in [2.05, 4.69) is 4.98 Å². The number of carbonyl (C=O) groups excluding carboxylic acids is 1. The van der Waals surface area contributed by atoms with E-state index < -0.39 is 5.91 Å². The Labute approximate surface area is 85.5 Å². The number of rotatable bonds is 1. The van der Waals surface area contributed by atoms with Gasteiger partial charge in [-0.2, -0.15) is 0 Å². The van der Waals surface area contributed by atoms with Crippen molar-refractivity contribution in [3.05, 3.63) is 41.2 Å². The number of nitrogens with zero attached hydrogens (tertiary/aromatic N) is 1. The Morgan fingerprint density at radius 3 is 2.86 bits per heavy atom. The molecule has 1 aromatic carbocycles. The lowest BCUT2D eigenvalue weighted by atomic mass is 10.1. The van der Waals surface area contributed by atoms with Crippen molar-refractivity contribution in [3.63, 3.8) is 0 Å². The molecule has 2 rings (SSSR count). The molecule has 0 aliphatic heterocycles. The highest BCUT2D eigenvalue weighted by Gasteiger charge is 2.10. The van der Waals surface area contributed by atoms with Crippen LogP contribution in [0.3, 0.4) is 0 Å². The van der Waals surface area contributed by atoms with Crippen LogP contribution in [0.25, 0.3) is 10.8 Å². The van der Waals surface area contributed by atoms with Crippen molar-refractivity contribution in [2.45, 2.75) is 0 Å². The summed E-state index contributed by atoms with van der Waals surface area (Å²) < 4.78 is 0. The number of hydrogen-bond acceptors (Lipinski definition) is 2. The summed E-state index contributed by atoms with van der Waals surface area (Å²) in [5.41, 5.74) is 5.40. The van der Waals surface area contributed by atoms with Crippen LogP contribution in [0.15, 0.2) is 30.5 Å². The molecule has 0 saturated heterocycles. The van der Waals surface area contributed by atoms with E-state index in [4.69, 9.17) is 17.3 Å². The molecule has 0 atom stereocenters. The lowest BCUT2D eigenvalue weighted by Gasteiger charge is -2.03. The van der Waals surface area contributed by atoms with Gasteiger partial charge in [0, 0.05) is 11.6 Å². The van der Waals surface area contributed by atoms with Crippen LogP contribution in [0, 0.1) is 0 Å². The topological polar surface area (TPSA) is 56.0 Å². The molecule has 3 nitrogen and oxygen atoms in total. The normalized spacial score (nSPS) is 10.4. The summed E-state index contributed by atoms with van der Waals surface area (Å²) in [5.74, 6) is -0.566. The van der Waals surface area contributed by atoms with Crippen LogP contribution in [-0.4, -0.2) is 10.9 Å². The summed E-state index contributed by atoms with van der Waals surface area (Å²) in [6.07, 6.45) is 1.54. The molecular weight excluding hydrogens is 200 g/mol. The van der Waals surface area contributed by atoms with Gasteiger partial charge in [0.15, 0.2) is 0 Å². The molecule has 0 bridgehead atoms. The zero-order valence-corrected chi connectivity index (χ0v) is 7.95. The van der Waals surface area contributed by atoms with E-state index >= 15 is 0 Å². The third-order valence-electron chi connectivity index (χ3n) is 1.97. The highest BCUT2D eigenvalue weighted by Crippen LogP contribution is 2.24. The molecular formula is C10H7ClN2O. The zero-order chi connectivity index (χ0) is 10.1. The Kier molecular flexibility index (Phi) is 2.09. The van der Waals surface area contributed by atoms with Gasteiger partial charge in [-0.15, -0.1) is 0 Å². The summed E-state index contributed by atoms with van der Waals surface area (Å²) in [7, 11) is 0. The molecule has 0 aliphatic carbocycles. The molecule has 0 spiro atoms. The number of halogens is 1. The SMILES string of the molecule is NC(=O)c1nccc2cccc(Cl)c12. The molecule has 1 aromatic heterocycles. The molecule has 14 heavy (non-hydrogen) atoms. The molecule has 0 aliphatic rings. The van der Waals surface area contributed by atoms with Gasteiger partial charge in [0.1, 0.15) is 5.69 Å². The summed E-state index contributed by atoms with van der Waals surface area (Å²) in [6.45, 7) is 0. The second-order valence-corrected chi connectivity index (χ2v) is 3.27. The van der Waals surface area contributed by atoms with E-state index in [1.807, 2.05) is 12.1 Å². The fourth-order valence-electron chi connectivity index (χ4n) is 1.37. The second-order valence-electron chi connectivity index (χ2n) is 2.86. The molecule has 0 fully saturated rings. The molecule has 70 valence electrons. The summed E-state index contributed by atoms with van der Waals surface area (Å²) in [6, 6.07) is 7.16. The molecule has 2 N–H and O–H groups in total. The first-order valence-corrected chi connectivity index (χ1v) is 4.41. The first kappa shape index (κ1) is 8.97. The fourth-order valence-corrected chi connectivity index (χ4v) is 1.64. The highest BCUT2D eigenvalue weighted by atomic mass is 35.5. The zero-order valence-electron chi connectivity index (χ0n) is 7.20. The van der Waals surface area contributed by atoms with Gasteiger partial charge in [-0.05, 0) is 17.5 Å². The minimum Gasteiger partial charge on any atom is -0.364 e. The van der Waals surface area contributed by atoms with Crippen molar-refractivity contribution in [2.24, 2.45) is 5.73 Å². The third kappa shape index (κ3) is 1.32. The molecule has 0 saturated carbocycles. The fraction of sp³-hybridized carbons (Fsp3) is 0. The van der Waals surface area contributed by atoms with Crippen molar-refractivity contribution in [3.8, 4) is 0 Å². The molecule has 0 radical (unpaired) electrons. The number of aromatic nitrogens is 1. The quantitative estimate of drug-likeness (QED) is 0.776.